The molecular weight excluding hydrogens is 194 g/mol. The van der Waals surface area contributed by atoms with Crippen LogP contribution in [0.2, 0.25) is 0 Å². The SMILES string of the molecule is NCCCOc1csc2c1CCCC2. The van der Waals surface area contributed by atoms with Gasteiger partial charge in [-0.05, 0) is 38.6 Å². The molecule has 0 aromatic carbocycles. The average Bonchev–Trinajstić information content (AvgIpc) is 2.63. The van der Waals surface area contributed by atoms with E-state index in [0.29, 0.717) is 6.54 Å². The van der Waals surface area contributed by atoms with Crippen LogP contribution in [0.3, 0.4) is 0 Å². The maximum atomic E-state index is 5.72. The van der Waals surface area contributed by atoms with E-state index in [1.54, 1.807) is 4.88 Å². The molecule has 1 aliphatic carbocycles. The van der Waals surface area contributed by atoms with Crippen molar-refractivity contribution in [2.75, 3.05) is 13.2 Å². The van der Waals surface area contributed by atoms with E-state index in [1.165, 1.54) is 31.2 Å². The minimum Gasteiger partial charge on any atom is -0.492 e. The van der Waals surface area contributed by atoms with Crippen molar-refractivity contribution in [1.29, 1.82) is 0 Å². The molecule has 2 rings (SSSR count). The van der Waals surface area contributed by atoms with Gasteiger partial charge in [0.1, 0.15) is 5.75 Å². The average molecular weight is 211 g/mol. The number of thiophene rings is 1. The molecule has 0 saturated heterocycles. The predicted octanol–water partition coefficient (Wildman–Crippen LogP) is 2.35. The summed E-state index contributed by atoms with van der Waals surface area (Å²) in [7, 11) is 0. The maximum Gasteiger partial charge on any atom is 0.133 e. The Morgan fingerprint density at radius 2 is 2.21 bits per heavy atom. The zero-order valence-electron chi connectivity index (χ0n) is 8.42. The Morgan fingerprint density at radius 3 is 3.07 bits per heavy atom. The van der Waals surface area contributed by atoms with Gasteiger partial charge in [0, 0.05) is 15.8 Å². The van der Waals surface area contributed by atoms with E-state index < -0.39 is 0 Å². The summed E-state index contributed by atoms with van der Waals surface area (Å²) < 4.78 is 5.72. The molecule has 14 heavy (non-hydrogen) atoms. The third-order valence-corrected chi connectivity index (χ3v) is 3.70. The molecule has 0 unspecified atom stereocenters. The fraction of sp³-hybridized carbons (Fsp3) is 0.636. The van der Waals surface area contributed by atoms with Gasteiger partial charge in [-0.2, -0.15) is 0 Å². The second-order valence-corrected chi connectivity index (χ2v) is 4.66. The van der Waals surface area contributed by atoms with E-state index in [1.807, 2.05) is 11.3 Å². The highest BCUT2D eigenvalue weighted by atomic mass is 32.1. The summed E-state index contributed by atoms with van der Waals surface area (Å²) in [6.45, 7) is 1.48. The molecule has 78 valence electrons. The van der Waals surface area contributed by atoms with Crippen molar-refractivity contribution in [1.82, 2.24) is 0 Å². The molecule has 0 fully saturated rings. The fourth-order valence-corrected chi connectivity index (χ4v) is 2.92. The number of rotatable bonds is 4. The molecule has 0 radical (unpaired) electrons. The molecule has 1 aromatic heterocycles. The largest absolute Gasteiger partial charge is 0.492 e. The Balaban J connectivity index is 1.99. The molecule has 1 aliphatic rings. The standard InChI is InChI=1S/C11H17NOS/c12-6-3-7-13-10-8-14-11-5-2-1-4-9(10)11/h8H,1-7,12H2. The minimum absolute atomic E-state index is 0.715. The van der Waals surface area contributed by atoms with Crippen LogP contribution >= 0.6 is 11.3 Å². The number of aryl methyl sites for hydroxylation is 1. The number of hydrogen-bond donors (Lipinski definition) is 1. The van der Waals surface area contributed by atoms with Gasteiger partial charge in [-0.3, -0.25) is 0 Å². The van der Waals surface area contributed by atoms with Crippen LogP contribution in [-0.4, -0.2) is 13.2 Å². The van der Waals surface area contributed by atoms with Crippen molar-refractivity contribution in [3.63, 3.8) is 0 Å². The molecule has 0 amide bonds. The van der Waals surface area contributed by atoms with Gasteiger partial charge in [0.25, 0.3) is 0 Å². The summed E-state index contributed by atoms with van der Waals surface area (Å²) in [6, 6.07) is 0. The van der Waals surface area contributed by atoms with Crippen molar-refractivity contribution < 1.29 is 4.74 Å². The van der Waals surface area contributed by atoms with Gasteiger partial charge < -0.3 is 10.5 Å². The van der Waals surface area contributed by atoms with Crippen molar-refractivity contribution in [2.24, 2.45) is 5.73 Å². The number of hydrogen-bond acceptors (Lipinski definition) is 3. The van der Waals surface area contributed by atoms with Crippen LogP contribution in [0, 0.1) is 0 Å². The van der Waals surface area contributed by atoms with Crippen LogP contribution in [-0.2, 0) is 12.8 Å². The lowest BCUT2D eigenvalue weighted by molar-refractivity contribution is 0.310. The van der Waals surface area contributed by atoms with Gasteiger partial charge in [-0.25, -0.2) is 0 Å². The summed E-state index contributed by atoms with van der Waals surface area (Å²) in [5, 5.41) is 2.16. The first-order valence-electron chi connectivity index (χ1n) is 5.34. The lowest BCUT2D eigenvalue weighted by atomic mass is 9.99. The number of fused-ring (bicyclic) bond motifs is 1. The molecule has 3 heteroatoms. The maximum absolute atomic E-state index is 5.72. The van der Waals surface area contributed by atoms with E-state index in [0.717, 1.165) is 18.8 Å². The molecule has 2 nitrogen and oxygen atoms in total. The zero-order valence-corrected chi connectivity index (χ0v) is 9.24. The minimum atomic E-state index is 0.715. The van der Waals surface area contributed by atoms with Gasteiger partial charge in [0.15, 0.2) is 0 Å². The smallest absolute Gasteiger partial charge is 0.133 e. The Kier molecular flexibility index (Phi) is 3.43. The molecule has 0 spiro atoms. The first-order valence-corrected chi connectivity index (χ1v) is 6.22. The van der Waals surface area contributed by atoms with Gasteiger partial charge in [-0.15, -0.1) is 11.3 Å². The van der Waals surface area contributed by atoms with Crippen LogP contribution in [0.1, 0.15) is 29.7 Å². The third-order valence-electron chi connectivity index (χ3n) is 2.63. The van der Waals surface area contributed by atoms with Crippen molar-refractivity contribution >= 4 is 11.3 Å². The number of nitrogens with two attached hydrogens (primary N) is 1. The molecular formula is C11H17NOS. The molecule has 0 aliphatic heterocycles. The third kappa shape index (κ3) is 2.10. The normalized spacial score (nSPS) is 15.2. The lowest BCUT2D eigenvalue weighted by Crippen LogP contribution is -2.07. The van der Waals surface area contributed by atoms with E-state index in [-0.39, 0.29) is 0 Å². The molecule has 1 heterocycles. The van der Waals surface area contributed by atoms with Crippen molar-refractivity contribution in [2.45, 2.75) is 32.1 Å². The van der Waals surface area contributed by atoms with Crippen LogP contribution in [0.25, 0.3) is 0 Å². The van der Waals surface area contributed by atoms with Gasteiger partial charge >= 0.3 is 0 Å². The zero-order chi connectivity index (χ0) is 9.80. The van der Waals surface area contributed by atoms with Crippen LogP contribution in [0.5, 0.6) is 5.75 Å². The van der Waals surface area contributed by atoms with E-state index in [9.17, 15) is 0 Å². The summed E-state index contributed by atoms with van der Waals surface area (Å²) in [5.74, 6) is 1.12. The first kappa shape index (κ1) is 9.99. The summed E-state index contributed by atoms with van der Waals surface area (Å²) >= 11 is 1.85. The first-order chi connectivity index (χ1) is 6.92. The summed E-state index contributed by atoms with van der Waals surface area (Å²) in [4.78, 5) is 1.54. The second-order valence-electron chi connectivity index (χ2n) is 3.70. The van der Waals surface area contributed by atoms with E-state index >= 15 is 0 Å². The summed E-state index contributed by atoms with van der Waals surface area (Å²) in [5.41, 5.74) is 6.90. The Morgan fingerprint density at radius 1 is 1.36 bits per heavy atom. The van der Waals surface area contributed by atoms with Crippen molar-refractivity contribution in [3.05, 3.63) is 15.8 Å². The van der Waals surface area contributed by atoms with Crippen LogP contribution < -0.4 is 10.5 Å². The van der Waals surface area contributed by atoms with Crippen LogP contribution in [0.4, 0.5) is 0 Å². The molecule has 1 aromatic rings. The quantitative estimate of drug-likeness (QED) is 0.776. The Labute approximate surface area is 89.1 Å². The van der Waals surface area contributed by atoms with E-state index in [4.69, 9.17) is 10.5 Å². The molecule has 0 bridgehead atoms. The topological polar surface area (TPSA) is 35.2 Å². The highest BCUT2D eigenvalue weighted by Gasteiger charge is 2.16. The van der Waals surface area contributed by atoms with Crippen molar-refractivity contribution in [3.8, 4) is 5.75 Å². The highest BCUT2D eigenvalue weighted by molar-refractivity contribution is 7.10. The van der Waals surface area contributed by atoms with Gasteiger partial charge in [0.2, 0.25) is 0 Å². The molecule has 0 saturated carbocycles. The Bertz CT molecular complexity index is 295. The van der Waals surface area contributed by atoms with Crippen LogP contribution in [0.15, 0.2) is 5.38 Å². The monoisotopic (exact) mass is 211 g/mol. The highest BCUT2D eigenvalue weighted by Crippen LogP contribution is 2.35. The Hall–Kier alpha value is -0.540. The van der Waals surface area contributed by atoms with E-state index in [2.05, 4.69) is 5.38 Å². The fourth-order valence-electron chi connectivity index (χ4n) is 1.85. The number of ether oxygens (including phenoxy) is 1. The van der Waals surface area contributed by atoms with Gasteiger partial charge in [-0.1, -0.05) is 0 Å². The summed E-state index contributed by atoms with van der Waals surface area (Å²) in [6.07, 6.45) is 6.06. The van der Waals surface area contributed by atoms with Gasteiger partial charge in [0.05, 0.1) is 6.61 Å². The molecule has 0 atom stereocenters. The lowest BCUT2D eigenvalue weighted by Gasteiger charge is -2.12. The predicted molar refractivity (Wildman–Crippen MR) is 60.1 cm³/mol. The molecule has 2 N–H and O–H groups in total. The second kappa shape index (κ2) is 4.80.